The van der Waals surface area contributed by atoms with Gasteiger partial charge in [0, 0.05) is 37.5 Å². The van der Waals surface area contributed by atoms with Gasteiger partial charge in [0.2, 0.25) is 5.60 Å². The molecular formula is C25H27NO6. The maximum absolute atomic E-state index is 12.3. The van der Waals surface area contributed by atoms with Crippen molar-refractivity contribution in [2.75, 3.05) is 52.5 Å². The van der Waals surface area contributed by atoms with E-state index < -0.39 is 5.60 Å². The largest absolute Gasteiger partial charge is 0.497 e. The van der Waals surface area contributed by atoms with Crippen LogP contribution in [0, 0.1) is 0 Å². The van der Waals surface area contributed by atoms with E-state index in [-0.39, 0.29) is 0 Å². The Hall–Kier alpha value is -3.29. The highest BCUT2D eigenvalue weighted by Crippen LogP contribution is 2.37. The van der Waals surface area contributed by atoms with Gasteiger partial charge in [0.05, 0.1) is 27.4 Å². The molecule has 32 heavy (non-hydrogen) atoms. The number of carbonyl (C=O) groups is 1. The summed E-state index contributed by atoms with van der Waals surface area (Å²) < 4.78 is 28.0. The summed E-state index contributed by atoms with van der Waals surface area (Å²) in [6, 6.07) is 16.8. The monoisotopic (exact) mass is 437 g/mol. The van der Waals surface area contributed by atoms with Gasteiger partial charge in [-0.3, -0.25) is 4.79 Å². The second-order valence-electron chi connectivity index (χ2n) is 7.47. The fraction of sp³-hybridized carbons (Fsp3) is 0.320. The van der Waals surface area contributed by atoms with Gasteiger partial charge in [0.1, 0.15) is 23.0 Å². The number of morpholine rings is 1. The molecule has 1 saturated heterocycles. The summed E-state index contributed by atoms with van der Waals surface area (Å²) in [5, 5.41) is 0. The third-order valence-corrected chi connectivity index (χ3v) is 5.77. The van der Waals surface area contributed by atoms with Gasteiger partial charge < -0.3 is 28.3 Å². The maximum Gasteiger partial charge on any atom is 0.205 e. The summed E-state index contributed by atoms with van der Waals surface area (Å²) in [4.78, 5) is 14.6. The molecule has 2 aromatic carbocycles. The van der Waals surface area contributed by atoms with Gasteiger partial charge >= 0.3 is 0 Å². The van der Waals surface area contributed by atoms with E-state index in [1.807, 2.05) is 42.5 Å². The highest BCUT2D eigenvalue weighted by atomic mass is 16.5. The van der Waals surface area contributed by atoms with Crippen LogP contribution in [-0.2, 0) is 19.9 Å². The molecule has 0 bridgehead atoms. The molecule has 7 heteroatoms. The Balaban J connectivity index is 1.67. The van der Waals surface area contributed by atoms with Crippen LogP contribution in [-0.4, -0.2) is 53.9 Å². The Morgan fingerprint density at radius 3 is 2.12 bits per heavy atom. The smallest absolute Gasteiger partial charge is 0.205 e. The molecule has 4 rings (SSSR count). The first-order chi connectivity index (χ1) is 15.6. The third kappa shape index (κ3) is 4.09. The summed E-state index contributed by atoms with van der Waals surface area (Å²) in [5.74, 6) is 2.25. The van der Waals surface area contributed by atoms with E-state index >= 15 is 0 Å². The zero-order valence-corrected chi connectivity index (χ0v) is 18.5. The number of hydrogen-bond acceptors (Lipinski definition) is 7. The molecule has 0 N–H and O–H groups in total. The van der Waals surface area contributed by atoms with Gasteiger partial charge in [-0.1, -0.05) is 12.1 Å². The molecular weight excluding hydrogens is 410 g/mol. The molecule has 1 aromatic heterocycles. The van der Waals surface area contributed by atoms with E-state index in [1.54, 1.807) is 26.4 Å². The third-order valence-electron chi connectivity index (χ3n) is 5.77. The fourth-order valence-electron chi connectivity index (χ4n) is 3.92. The lowest BCUT2D eigenvalue weighted by atomic mass is 9.92. The Morgan fingerprint density at radius 1 is 0.906 bits per heavy atom. The normalized spacial score (nSPS) is 15.8. The van der Waals surface area contributed by atoms with Crippen LogP contribution in [0.5, 0.6) is 11.5 Å². The zero-order chi connectivity index (χ0) is 22.6. The van der Waals surface area contributed by atoms with Crippen molar-refractivity contribution in [3.8, 4) is 22.8 Å². The number of methoxy groups -OCH3 is 3. The molecule has 1 unspecified atom stereocenters. The van der Waals surface area contributed by atoms with Crippen LogP contribution in [0.3, 0.4) is 0 Å². The summed E-state index contributed by atoms with van der Waals surface area (Å²) in [7, 11) is 4.69. The Bertz CT molecular complexity index is 1030. The Labute approximate surface area is 187 Å². The van der Waals surface area contributed by atoms with Crippen LogP contribution in [0.1, 0.15) is 11.3 Å². The Morgan fingerprint density at radius 2 is 1.56 bits per heavy atom. The quantitative estimate of drug-likeness (QED) is 0.495. The molecule has 1 aliphatic heterocycles. The van der Waals surface area contributed by atoms with Gasteiger partial charge in [-0.25, -0.2) is 0 Å². The average Bonchev–Trinajstić information content (AvgIpc) is 3.36. The number of anilines is 1. The first kappa shape index (κ1) is 21.9. The predicted molar refractivity (Wildman–Crippen MR) is 121 cm³/mol. The topological polar surface area (TPSA) is 70.4 Å². The highest BCUT2D eigenvalue weighted by Gasteiger charge is 2.38. The number of nitrogens with zero attached hydrogens (tertiary/aromatic N) is 1. The molecule has 0 amide bonds. The molecule has 1 atom stereocenters. The molecule has 7 nitrogen and oxygen atoms in total. The number of hydrogen-bond donors (Lipinski definition) is 0. The standard InChI is InChI=1S/C25H27NO6/c1-28-21-14-18(15-22(16-21)29-2)23-8-9-24(32-23)25(17-27,30-3)19-4-6-20(7-5-19)26-10-12-31-13-11-26/h4-9,14-17H,10-13H2,1-3H3. The number of benzene rings is 2. The lowest BCUT2D eigenvalue weighted by molar-refractivity contribution is -0.125. The number of rotatable bonds is 8. The second kappa shape index (κ2) is 9.46. The van der Waals surface area contributed by atoms with E-state index in [9.17, 15) is 4.79 Å². The van der Waals surface area contributed by atoms with E-state index in [0.29, 0.717) is 41.8 Å². The number of aldehydes is 1. The molecule has 0 radical (unpaired) electrons. The summed E-state index contributed by atoms with van der Waals surface area (Å²) in [6.07, 6.45) is 0.769. The van der Waals surface area contributed by atoms with Gasteiger partial charge in [0.25, 0.3) is 0 Å². The van der Waals surface area contributed by atoms with E-state index in [1.165, 1.54) is 7.11 Å². The fourth-order valence-corrected chi connectivity index (χ4v) is 3.92. The van der Waals surface area contributed by atoms with Crippen LogP contribution in [0.2, 0.25) is 0 Å². The molecule has 168 valence electrons. The van der Waals surface area contributed by atoms with E-state index in [2.05, 4.69) is 4.90 Å². The molecule has 2 heterocycles. The second-order valence-corrected chi connectivity index (χ2v) is 7.47. The van der Waals surface area contributed by atoms with Crippen molar-refractivity contribution in [3.63, 3.8) is 0 Å². The predicted octanol–water partition coefficient (Wildman–Crippen LogP) is 3.89. The molecule has 0 aliphatic carbocycles. The Kier molecular flexibility index (Phi) is 6.48. The van der Waals surface area contributed by atoms with Crippen molar-refractivity contribution in [1.82, 2.24) is 0 Å². The maximum atomic E-state index is 12.3. The van der Waals surface area contributed by atoms with Crippen LogP contribution in [0.4, 0.5) is 5.69 Å². The lowest BCUT2D eigenvalue weighted by Gasteiger charge is -2.30. The summed E-state index contributed by atoms with van der Waals surface area (Å²) in [5.41, 5.74) is 1.18. The van der Waals surface area contributed by atoms with Gasteiger partial charge in [0.15, 0.2) is 6.29 Å². The van der Waals surface area contributed by atoms with Crippen molar-refractivity contribution in [3.05, 3.63) is 65.9 Å². The number of furan rings is 1. The van der Waals surface area contributed by atoms with E-state index in [4.69, 9.17) is 23.4 Å². The minimum atomic E-state index is -1.36. The minimum Gasteiger partial charge on any atom is -0.497 e. The SMILES string of the molecule is COc1cc(OC)cc(-c2ccc(C(C=O)(OC)c3ccc(N4CCOCC4)cc3)o2)c1. The van der Waals surface area contributed by atoms with Crippen molar-refractivity contribution in [2.24, 2.45) is 0 Å². The summed E-state index contributed by atoms with van der Waals surface area (Å²) >= 11 is 0. The average molecular weight is 437 g/mol. The first-order valence-electron chi connectivity index (χ1n) is 10.4. The molecule has 0 spiro atoms. The van der Waals surface area contributed by atoms with Crippen LogP contribution >= 0.6 is 0 Å². The van der Waals surface area contributed by atoms with Gasteiger partial charge in [-0.2, -0.15) is 0 Å². The van der Waals surface area contributed by atoms with Crippen LogP contribution in [0.15, 0.2) is 59.0 Å². The number of ether oxygens (including phenoxy) is 4. The van der Waals surface area contributed by atoms with Crippen molar-refractivity contribution >= 4 is 12.0 Å². The molecule has 3 aromatic rings. The molecule has 1 aliphatic rings. The van der Waals surface area contributed by atoms with Crippen molar-refractivity contribution < 1.29 is 28.2 Å². The molecule has 1 fully saturated rings. The van der Waals surface area contributed by atoms with Crippen molar-refractivity contribution in [2.45, 2.75) is 5.60 Å². The van der Waals surface area contributed by atoms with Crippen LogP contribution in [0.25, 0.3) is 11.3 Å². The van der Waals surface area contributed by atoms with Crippen LogP contribution < -0.4 is 14.4 Å². The molecule has 0 saturated carbocycles. The zero-order valence-electron chi connectivity index (χ0n) is 18.5. The summed E-state index contributed by atoms with van der Waals surface area (Å²) in [6.45, 7) is 3.10. The first-order valence-corrected chi connectivity index (χ1v) is 10.4. The number of carbonyl (C=O) groups excluding carboxylic acids is 1. The van der Waals surface area contributed by atoms with Gasteiger partial charge in [-0.15, -0.1) is 0 Å². The highest BCUT2D eigenvalue weighted by molar-refractivity contribution is 5.73. The van der Waals surface area contributed by atoms with E-state index in [0.717, 1.165) is 30.6 Å². The van der Waals surface area contributed by atoms with Crippen molar-refractivity contribution in [1.29, 1.82) is 0 Å². The minimum absolute atomic E-state index is 0.394. The van der Waals surface area contributed by atoms with Gasteiger partial charge in [-0.05, 0) is 42.0 Å². The lowest BCUT2D eigenvalue weighted by Crippen LogP contribution is -2.36.